The van der Waals surface area contributed by atoms with E-state index in [9.17, 15) is 18.0 Å². The van der Waals surface area contributed by atoms with Crippen LogP contribution in [0.15, 0.2) is 40.5 Å². The molecule has 1 aromatic rings. The first-order valence-electron chi connectivity index (χ1n) is 9.03. The molecule has 0 spiro atoms. The molecule has 0 radical (unpaired) electrons. The van der Waals surface area contributed by atoms with Gasteiger partial charge < -0.3 is 10.6 Å². The lowest BCUT2D eigenvalue weighted by Crippen LogP contribution is -2.33. The lowest BCUT2D eigenvalue weighted by Gasteiger charge is -2.22. The SMILES string of the molecule is CC(C)CC1=C2C(=NC(C)(C)CN1)C(=O)NC2c1cccc(C(F)(F)F)c1. The first-order valence-corrected chi connectivity index (χ1v) is 9.03. The maximum Gasteiger partial charge on any atom is 0.416 e. The van der Waals surface area contributed by atoms with Crippen molar-refractivity contribution in [1.29, 1.82) is 0 Å². The predicted octanol–water partition coefficient (Wildman–Crippen LogP) is 4.00. The number of amides is 1. The Balaban J connectivity index is 2.14. The summed E-state index contributed by atoms with van der Waals surface area (Å²) in [6, 6.07) is 4.47. The van der Waals surface area contributed by atoms with E-state index in [1.807, 2.05) is 13.8 Å². The van der Waals surface area contributed by atoms with Gasteiger partial charge in [-0.2, -0.15) is 13.2 Å². The Labute approximate surface area is 156 Å². The van der Waals surface area contributed by atoms with E-state index >= 15 is 0 Å². The fraction of sp³-hybridized carbons (Fsp3) is 0.500. The van der Waals surface area contributed by atoms with Crippen LogP contribution < -0.4 is 10.6 Å². The second kappa shape index (κ2) is 6.69. The van der Waals surface area contributed by atoms with Gasteiger partial charge in [0, 0.05) is 17.8 Å². The molecule has 3 rings (SSSR count). The van der Waals surface area contributed by atoms with Crippen LogP contribution in [0, 0.1) is 5.92 Å². The topological polar surface area (TPSA) is 53.5 Å². The second-order valence-corrected chi connectivity index (χ2v) is 8.15. The van der Waals surface area contributed by atoms with E-state index in [4.69, 9.17) is 0 Å². The summed E-state index contributed by atoms with van der Waals surface area (Å²) in [4.78, 5) is 17.2. The van der Waals surface area contributed by atoms with Crippen LogP contribution in [-0.2, 0) is 11.0 Å². The molecular formula is C20H24F3N3O. The lowest BCUT2D eigenvalue weighted by molar-refractivity contribution is -0.137. The first-order chi connectivity index (χ1) is 12.5. The molecule has 4 nitrogen and oxygen atoms in total. The highest BCUT2D eigenvalue weighted by molar-refractivity contribution is 6.48. The maximum atomic E-state index is 13.1. The first kappa shape index (κ1) is 19.5. The van der Waals surface area contributed by atoms with Gasteiger partial charge in [-0.05, 0) is 43.9 Å². The van der Waals surface area contributed by atoms with Gasteiger partial charge in [0.05, 0.1) is 17.1 Å². The van der Waals surface area contributed by atoms with Crippen molar-refractivity contribution in [3.05, 3.63) is 46.7 Å². The van der Waals surface area contributed by atoms with Gasteiger partial charge in [0.25, 0.3) is 5.91 Å². The van der Waals surface area contributed by atoms with Crippen molar-refractivity contribution in [1.82, 2.24) is 10.6 Å². The summed E-state index contributed by atoms with van der Waals surface area (Å²) in [5.41, 5.74) is 1.05. The van der Waals surface area contributed by atoms with E-state index in [0.29, 0.717) is 35.7 Å². The van der Waals surface area contributed by atoms with Crippen molar-refractivity contribution in [3.63, 3.8) is 0 Å². The Morgan fingerprint density at radius 1 is 1.30 bits per heavy atom. The summed E-state index contributed by atoms with van der Waals surface area (Å²) in [5.74, 6) is -0.0224. The van der Waals surface area contributed by atoms with Gasteiger partial charge >= 0.3 is 6.18 Å². The zero-order valence-electron chi connectivity index (χ0n) is 15.9. The minimum absolute atomic E-state index is 0.320. The molecule has 1 unspecified atom stereocenters. The van der Waals surface area contributed by atoms with E-state index in [-0.39, 0.29) is 5.91 Å². The molecule has 1 amide bonds. The summed E-state index contributed by atoms with van der Waals surface area (Å²) >= 11 is 0. The Kier molecular flexibility index (Phi) is 4.82. The number of aliphatic imine (C=N–C) groups is 1. The number of rotatable bonds is 3. The number of carbonyl (C=O) groups is 1. The van der Waals surface area contributed by atoms with Crippen molar-refractivity contribution in [2.24, 2.45) is 10.9 Å². The van der Waals surface area contributed by atoms with Crippen molar-refractivity contribution in [2.75, 3.05) is 6.54 Å². The van der Waals surface area contributed by atoms with Crippen molar-refractivity contribution >= 4 is 11.6 Å². The minimum atomic E-state index is -4.44. The third-order valence-corrected chi connectivity index (χ3v) is 4.67. The molecule has 1 atom stereocenters. The third kappa shape index (κ3) is 4.01. The van der Waals surface area contributed by atoms with Crippen molar-refractivity contribution < 1.29 is 18.0 Å². The quantitative estimate of drug-likeness (QED) is 0.834. The summed E-state index contributed by atoms with van der Waals surface area (Å²) in [7, 11) is 0. The molecule has 0 aliphatic carbocycles. The van der Waals surface area contributed by atoms with Gasteiger partial charge in [0.2, 0.25) is 0 Å². The van der Waals surface area contributed by atoms with Gasteiger partial charge in [0.1, 0.15) is 5.71 Å². The van der Waals surface area contributed by atoms with E-state index in [2.05, 4.69) is 29.5 Å². The van der Waals surface area contributed by atoms with Crippen LogP contribution >= 0.6 is 0 Å². The monoisotopic (exact) mass is 379 g/mol. The molecule has 27 heavy (non-hydrogen) atoms. The van der Waals surface area contributed by atoms with Crippen LogP contribution in [0.25, 0.3) is 0 Å². The van der Waals surface area contributed by atoms with Crippen molar-refractivity contribution in [3.8, 4) is 0 Å². The number of carbonyl (C=O) groups excluding carboxylic acids is 1. The van der Waals surface area contributed by atoms with Gasteiger partial charge in [-0.15, -0.1) is 0 Å². The van der Waals surface area contributed by atoms with Gasteiger partial charge in [0.15, 0.2) is 0 Å². The number of nitrogens with zero attached hydrogens (tertiary/aromatic N) is 1. The van der Waals surface area contributed by atoms with Crippen LogP contribution in [0.5, 0.6) is 0 Å². The highest BCUT2D eigenvalue weighted by Crippen LogP contribution is 2.37. The highest BCUT2D eigenvalue weighted by atomic mass is 19.4. The highest BCUT2D eigenvalue weighted by Gasteiger charge is 2.41. The minimum Gasteiger partial charge on any atom is -0.386 e. The lowest BCUT2D eigenvalue weighted by atomic mass is 9.93. The Morgan fingerprint density at radius 3 is 2.63 bits per heavy atom. The Bertz CT molecular complexity index is 822. The Morgan fingerprint density at radius 2 is 2.00 bits per heavy atom. The van der Waals surface area contributed by atoms with E-state index in [0.717, 1.165) is 17.8 Å². The third-order valence-electron chi connectivity index (χ3n) is 4.67. The van der Waals surface area contributed by atoms with Crippen LogP contribution in [-0.4, -0.2) is 23.7 Å². The summed E-state index contributed by atoms with van der Waals surface area (Å²) < 4.78 is 39.4. The molecular weight excluding hydrogens is 355 g/mol. The van der Waals surface area contributed by atoms with E-state index in [1.165, 1.54) is 6.07 Å². The fourth-order valence-corrected chi connectivity index (χ4v) is 3.45. The number of nitrogens with one attached hydrogen (secondary N) is 2. The van der Waals surface area contributed by atoms with Gasteiger partial charge in [-0.3, -0.25) is 9.79 Å². The molecule has 2 heterocycles. The number of hydrogen-bond acceptors (Lipinski definition) is 3. The van der Waals surface area contributed by atoms with E-state index < -0.39 is 23.3 Å². The molecule has 0 saturated carbocycles. The number of benzene rings is 1. The largest absolute Gasteiger partial charge is 0.416 e. The molecule has 1 saturated heterocycles. The summed E-state index contributed by atoms with van der Waals surface area (Å²) in [5, 5.41) is 6.22. The van der Waals surface area contributed by atoms with Crippen LogP contribution in [0.4, 0.5) is 13.2 Å². The Hall–Kier alpha value is -2.31. The summed E-state index contributed by atoms with van der Waals surface area (Å²) in [6.07, 6.45) is -3.75. The molecule has 0 aromatic heterocycles. The van der Waals surface area contributed by atoms with Gasteiger partial charge in [-0.1, -0.05) is 26.0 Å². The maximum absolute atomic E-state index is 13.1. The number of alkyl halides is 3. The fourth-order valence-electron chi connectivity index (χ4n) is 3.45. The average molecular weight is 379 g/mol. The normalized spacial score (nSPS) is 22.1. The van der Waals surface area contributed by atoms with Crippen LogP contribution in [0.3, 0.4) is 0 Å². The van der Waals surface area contributed by atoms with Crippen molar-refractivity contribution in [2.45, 2.75) is 51.9 Å². The standard InChI is InChI=1S/C20H24F3N3O/c1-11(2)8-14-15-16(12-6-5-7-13(9-12)20(21,22)23)25-18(27)17(15)26-19(3,4)10-24-14/h5-7,9,11,16,24H,8,10H2,1-4H3,(H,25,27). The molecule has 7 heteroatoms. The molecule has 2 aliphatic heterocycles. The predicted molar refractivity (Wildman–Crippen MR) is 98.3 cm³/mol. The molecule has 2 N–H and O–H groups in total. The molecule has 2 aliphatic rings. The average Bonchev–Trinajstić information content (AvgIpc) is 2.79. The number of hydrogen-bond donors (Lipinski definition) is 2. The number of allylic oxidation sites excluding steroid dienone is 1. The van der Waals surface area contributed by atoms with Gasteiger partial charge in [-0.25, -0.2) is 0 Å². The van der Waals surface area contributed by atoms with Crippen LogP contribution in [0.1, 0.15) is 51.3 Å². The number of halogens is 3. The zero-order chi connectivity index (χ0) is 20.0. The second-order valence-electron chi connectivity index (χ2n) is 8.15. The van der Waals surface area contributed by atoms with E-state index in [1.54, 1.807) is 6.07 Å². The summed E-state index contributed by atoms with van der Waals surface area (Å²) in [6.45, 7) is 8.53. The molecule has 1 fully saturated rings. The molecule has 1 aromatic carbocycles. The smallest absolute Gasteiger partial charge is 0.386 e. The molecule has 146 valence electrons. The zero-order valence-corrected chi connectivity index (χ0v) is 15.9. The number of fused-ring (bicyclic) bond motifs is 1. The van der Waals surface area contributed by atoms with Crippen LogP contribution in [0.2, 0.25) is 0 Å². The molecule has 0 bridgehead atoms.